The van der Waals surface area contributed by atoms with Crippen LogP contribution in [0.3, 0.4) is 0 Å². The lowest BCUT2D eigenvalue weighted by Gasteiger charge is -2.14. The third kappa shape index (κ3) is 4.39. The van der Waals surface area contributed by atoms with Crippen LogP contribution in [0.25, 0.3) is 0 Å². The molecule has 24 heavy (non-hydrogen) atoms. The second-order valence-electron chi connectivity index (χ2n) is 4.64. The minimum absolute atomic E-state index is 0.0296. The van der Waals surface area contributed by atoms with Gasteiger partial charge in [-0.15, -0.1) is 0 Å². The summed E-state index contributed by atoms with van der Waals surface area (Å²) in [5.41, 5.74) is -0.487. The van der Waals surface area contributed by atoms with Crippen molar-refractivity contribution in [3.8, 4) is 0 Å². The summed E-state index contributed by atoms with van der Waals surface area (Å²) in [5.74, 6) is -3.73. The largest absolute Gasteiger partial charge is 0.449 e. The van der Waals surface area contributed by atoms with E-state index in [-0.39, 0.29) is 15.9 Å². The number of halogens is 4. The van der Waals surface area contributed by atoms with Crippen molar-refractivity contribution in [2.75, 3.05) is 5.32 Å². The molecule has 1 aromatic heterocycles. The number of hydrogen-bond donors (Lipinski definition) is 1. The monoisotopic (exact) mass is 374 g/mol. The topological polar surface area (TPSA) is 68.3 Å². The van der Waals surface area contributed by atoms with E-state index in [1.165, 1.54) is 19.2 Å². The molecule has 1 heterocycles. The van der Waals surface area contributed by atoms with E-state index >= 15 is 0 Å². The maximum Gasteiger partial charge on any atom is 0.341 e. The molecule has 0 aliphatic rings. The van der Waals surface area contributed by atoms with Crippen molar-refractivity contribution >= 4 is 40.9 Å². The van der Waals surface area contributed by atoms with Crippen molar-refractivity contribution in [1.29, 1.82) is 0 Å². The van der Waals surface area contributed by atoms with E-state index < -0.39 is 35.2 Å². The van der Waals surface area contributed by atoms with Gasteiger partial charge >= 0.3 is 5.97 Å². The highest BCUT2D eigenvalue weighted by molar-refractivity contribution is 6.36. The summed E-state index contributed by atoms with van der Waals surface area (Å²) >= 11 is 11.5. The Morgan fingerprint density at radius 3 is 2.58 bits per heavy atom. The van der Waals surface area contributed by atoms with Gasteiger partial charge in [0.1, 0.15) is 11.6 Å². The van der Waals surface area contributed by atoms with Crippen LogP contribution < -0.4 is 5.32 Å². The fourth-order valence-electron chi connectivity index (χ4n) is 1.66. The number of nitrogens with one attached hydrogen (secondary N) is 1. The number of esters is 1. The summed E-state index contributed by atoms with van der Waals surface area (Å²) in [6.07, 6.45) is 0.00339. The number of ether oxygens (including phenoxy) is 1. The van der Waals surface area contributed by atoms with E-state index in [9.17, 15) is 18.4 Å². The van der Waals surface area contributed by atoms with Crippen molar-refractivity contribution in [3.05, 3.63) is 57.7 Å². The van der Waals surface area contributed by atoms with E-state index in [1.807, 2.05) is 0 Å². The number of carbonyl (C=O) groups excluding carboxylic acids is 2. The molecule has 0 saturated heterocycles. The van der Waals surface area contributed by atoms with Crippen LogP contribution in [0, 0.1) is 11.6 Å². The highest BCUT2D eigenvalue weighted by Crippen LogP contribution is 2.22. The van der Waals surface area contributed by atoms with Gasteiger partial charge in [0.2, 0.25) is 0 Å². The number of pyridine rings is 1. The summed E-state index contributed by atoms with van der Waals surface area (Å²) in [4.78, 5) is 27.6. The molecule has 1 amide bonds. The van der Waals surface area contributed by atoms with Crippen molar-refractivity contribution in [2.45, 2.75) is 13.0 Å². The number of rotatable bonds is 4. The fourth-order valence-corrected chi connectivity index (χ4v) is 2.08. The SMILES string of the molecule is C[C@@H](OC(=O)c1ccc(F)cc1F)C(=O)Nc1ncc(Cl)cc1Cl. The Morgan fingerprint density at radius 2 is 1.96 bits per heavy atom. The lowest BCUT2D eigenvalue weighted by molar-refractivity contribution is -0.123. The number of nitrogens with zero attached hydrogens (tertiary/aromatic N) is 1. The van der Waals surface area contributed by atoms with Crippen LogP contribution >= 0.6 is 23.2 Å². The molecule has 9 heteroatoms. The van der Waals surface area contributed by atoms with Crippen LogP contribution in [-0.2, 0) is 9.53 Å². The van der Waals surface area contributed by atoms with E-state index in [0.29, 0.717) is 6.07 Å². The maximum absolute atomic E-state index is 13.5. The first-order chi connectivity index (χ1) is 11.3. The molecule has 0 radical (unpaired) electrons. The summed E-state index contributed by atoms with van der Waals surface area (Å²) in [7, 11) is 0. The van der Waals surface area contributed by atoms with Gasteiger partial charge < -0.3 is 10.1 Å². The van der Waals surface area contributed by atoms with E-state index in [1.54, 1.807) is 0 Å². The van der Waals surface area contributed by atoms with Crippen molar-refractivity contribution in [2.24, 2.45) is 0 Å². The molecular weight excluding hydrogens is 365 g/mol. The molecule has 126 valence electrons. The summed E-state index contributed by atoms with van der Waals surface area (Å²) < 4.78 is 31.2. The van der Waals surface area contributed by atoms with Gasteiger partial charge in [-0.05, 0) is 25.1 Å². The van der Waals surface area contributed by atoms with Gasteiger partial charge in [-0.3, -0.25) is 4.79 Å². The zero-order valence-corrected chi connectivity index (χ0v) is 13.7. The fraction of sp³-hybridized carbons (Fsp3) is 0.133. The van der Waals surface area contributed by atoms with Crippen LogP contribution in [0.2, 0.25) is 10.0 Å². The molecule has 2 rings (SSSR count). The van der Waals surface area contributed by atoms with Gasteiger partial charge in [-0.1, -0.05) is 23.2 Å². The molecule has 1 atom stereocenters. The number of amides is 1. The zero-order chi connectivity index (χ0) is 17.9. The first-order valence-corrected chi connectivity index (χ1v) is 7.31. The average Bonchev–Trinajstić information content (AvgIpc) is 2.49. The molecule has 1 aromatic carbocycles. The molecule has 2 aromatic rings. The molecule has 0 spiro atoms. The summed E-state index contributed by atoms with van der Waals surface area (Å²) in [5, 5.41) is 2.72. The van der Waals surface area contributed by atoms with Crippen LogP contribution in [-0.4, -0.2) is 23.0 Å². The van der Waals surface area contributed by atoms with Gasteiger partial charge in [0.25, 0.3) is 5.91 Å². The molecule has 0 aliphatic carbocycles. The second-order valence-corrected chi connectivity index (χ2v) is 5.49. The molecular formula is C15H10Cl2F2N2O3. The highest BCUT2D eigenvalue weighted by atomic mass is 35.5. The van der Waals surface area contributed by atoms with E-state index in [2.05, 4.69) is 10.3 Å². The van der Waals surface area contributed by atoms with Gasteiger partial charge in [-0.25, -0.2) is 18.6 Å². The first-order valence-electron chi connectivity index (χ1n) is 6.56. The molecule has 0 fully saturated rings. The normalized spacial score (nSPS) is 11.7. The Balaban J connectivity index is 2.04. The van der Waals surface area contributed by atoms with Crippen LogP contribution in [0.15, 0.2) is 30.5 Å². The Hall–Kier alpha value is -2.25. The predicted octanol–water partition coefficient (Wildman–Crippen LogP) is 3.85. The molecule has 0 unspecified atom stereocenters. The quantitative estimate of drug-likeness (QED) is 0.825. The smallest absolute Gasteiger partial charge is 0.341 e. The number of aromatic nitrogens is 1. The van der Waals surface area contributed by atoms with Crippen molar-refractivity contribution in [3.63, 3.8) is 0 Å². The highest BCUT2D eigenvalue weighted by Gasteiger charge is 2.22. The van der Waals surface area contributed by atoms with E-state index in [4.69, 9.17) is 27.9 Å². The number of anilines is 1. The molecule has 0 saturated carbocycles. The lowest BCUT2D eigenvalue weighted by atomic mass is 10.2. The van der Waals surface area contributed by atoms with E-state index in [0.717, 1.165) is 12.1 Å². The number of carbonyl (C=O) groups is 2. The van der Waals surface area contributed by atoms with Crippen molar-refractivity contribution < 1.29 is 23.1 Å². The van der Waals surface area contributed by atoms with Crippen LogP contribution in [0.1, 0.15) is 17.3 Å². The Morgan fingerprint density at radius 1 is 1.25 bits per heavy atom. The summed E-state index contributed by atoms with van der Waals surface area (Å²) in [6.45, 7) is 1.28. The third-order valence-electron chi connectivity index (χ3n) is 2.85. The van der Waals surface area contributed by atoms with Gasteiger partial charge in [-0.2, -0.15) is 0 Å². The zero-order valence-electron chi connectivity index (χ0n) is 12.1. The third-order valence-corrected chi connectivity index (χ3v) is 3.35. The second kappa shape index (κ2) is 7.55. The maximum atomic E-state index is 13.5. The minimum Gasteiger partial charge on any atom is -0.449 e. The van der Waals surface area contributed by atoms with Crippen LogP contribution in [0.5, 0.6) is 0 Å². The standard InChI is InChI=1S/C15H10Cl2F2N2O3/c1-7(14(22)21-13-11(17)4-8(16)6-20-13)24-15(23)10-3-2-9(18)5-12(10)19/h2-7H,1H3,(H,20,21,22)/t7-/m1/s1. The Labute approximate surface area is 145 Å². The average molecular weight is 375 g/mol. The Kier molecular flexibility index (Phi) is 5.69. The van der Waals surface area contributed by atoms with Gasteiger partial charge in [0.15, 0.2) is 11.9 Å². The molecule has 5 nitrogen and oxygen atoms in total. The predicted molar refractivity (Wildman–Crippen MR) is 84.1 cm³/mol. The molecule has 0 bridgehead atoms. The van der Waals surface area contributed by atoms with Crippen molar-refractivity contribution in [1.82, 2.24) is 4.98 Å². The number of hydrogen-bond acceptors (Lipinski definition) is 4. The number of benzene rings is 1. The Bertz CT molecular complexity index is 802. The minimum atomic E-state index is -1.27. The van der Waals surface area contributed by atoms with Crippen LogP contribution in [0.4, 0.5) is 14.6 Å². The summed E-state index contributed by atoms with van der Waals surface area (Å²) in [6, 6.07) is 3.74. The van der Waals surface area contributed by atoms with Gasteiger partial charge in [0, 0.05) is 12.3 Å². The molecule has 0 aliphatic heterocycles. The van der Waals surface area contributed by atoms with Gasteiger partial charge in [0.05, 0.1) is 15.6 Å². The first kappa shape index (κ1) is 18.1. The molecule has 1 N–H and O–H groups in total. The lowest BCUT2D eigenvalue weighted by Crippen LogP contribution is -2.30.